The highest BCUT2D eigenvalue weighted by Gasteiger charge is 2.45. The van der Waals surface area contributed by atoms with Gasteiger partial charge in [0, 0.05) is 16.6 Å². The van der Waals surface area contributed by atoms with E-state index in [-0.39, 0.29) is 11.3 Å². The van der Waals surface area contributed by atoms with E-state index in [1.165, 1.54) is 0 Å². The van der Waals surface area contributed by atoms with Crippen molar-refractivity contribution in [2.45, 2.75) is 12.5 Å². The van der Waals surface area contributed by atoms with Gasteiger partial charge in [-0.1, -0.05) is 58.4 Å². The molecule has 0 bridgehead atoms. The van der Waals surface area contributed by atoms with Crippen molar-refractivity contribution in [3.8, 4) is 11.5 Å². The molecule has 180 valence electrons. The molecular weight excluding hydrogens is 508 g/mol. The molecule has 4 rings (SSSR count). The quantitative estimate of drug-likeness (QED) is 0.231. The molecule has 1 fully saturated rings. The fraction of sp³-hybridized carbons (Fsp3) is 0.214. The molecule has 1 heterocycles. The number of hydrogen-bond acceptors (Lipinski definition) is 5. The molecule has 35 heavy (non-hydrogen) atoms. The summed E-state index contributed by atoms with van der Waals surface area (Å²) in [5.74, 6) is -0.224. The molecule has 0 saturated carbocycles. The minimum atomic E-state index is -0.722. The number of Topliss-reactive ketones (excluding diaryl/α,β-unsaturated/α-hetero) is 1. The standard InChI is InChI=1S/C28H27BrN2O4/c1-30(2)16-7-17-31-25(20-8-6-11-23(18-20)35-22-9-4-3-5-10-22)24(27(33)28(31)34)26(32)19-12-14-21(29)15-13-19/h3-6,8-15,18,25,32H,7,16-17H2,1-2H3/b26-24-. The number of aliphatic hydroxyl groups is 1. The monoisotopic (exact) mass is 534 g/mol. The first-order valence-electron chi connectivity index (χ1n) is 11.4. The van der Waals surface area contributed by atoms with Crippen molar-refractivity contribution in [3.63, 3.8) is 0 Å². The van der Waals surface area contributed by atoms with E-state index in [4.69, 9.17) is 4.74 Å². The van der Waals surface area contributed by atoms with Crippen molar-refractivity contribution in [2.75, 3.05) is 27.2 Å². The van der Waals surface area contributed by atoms with Crippen LogP contribution in [0.15, 0.2) is 88.9 Å². The number of likely N-dealkylation sites (tertiary alicyclic amines) is 1. The molecule has 0 aliphatic carbocycles. The van der Waals surface area contributed by atoms with Gasteiger partial charge in [-0.15, -0.1) is 0 Å². The summed E-state index contributed by atoms with van der Waals surface area (Å²) < 4.78 is 6.84. The molecule has 0 radical (unpaired) electrons. The van der Waals surface area contributed by atoms with Crippen LogP contribution in [0.3, 0.4) is 0 Å². The Morgan fingerprint density at radius 1 is 0.971 bits per heavy atom. The van der Waals surface area contributed by atoms with Crippen molar-refractivity contribution in [3.05, 3.63) is 100 Å². The predicted molar refractivity (Wildman–Crippen MR) is 139 cm³/mol. The van der Waals surface area contributed by atoms with E-state index in [1.807, 2.05) is 73.6 Å². The summed E-state index contributed by atoms with van der Waals surface area (Å²) in [5.41, 5.74) is 1.25. The number of para-hydroxylation sites is 1. The highest BCUT2D eigenvalue weighted by atomic mass is 79.9. The van der Waals surface area contributed by atoms with Gasteiger partial charge in [-0.05, 0) is 69.0 Å². The number of halogens is 1. The summed E-state index contributed by atoms with van der Waals surface area (Å²) >= 11 is 3.39. The Labute approximate surface area is 213 Å². The molecule has 1 saturated heterocycles. The fourth-order valence-electron chi connectivity index (χ4n) is 4.15. The largest absolute Gasteiger partial charge is 0.507 e. The molecule has 1 aliphatic heterocycles. The molecule has 0 spiro atoms. The van der Waals surface area contributed by atoms with E-state index >= 15 is 0 Å². The van der Waals surface area contributed by atoms with E-state index < -0.39 is 17.7 Å². The SMILES string of the molecule is CN(C)CCCN1C(=O)C(=O)/C(=C(\O)c2ccc(Br)cc2)C1c1cccc(Oc2ccccc2)c1. The number of hydrogen-bond donors (Lipinski definition) is 1. The Morgan fingerprint density at radius 3 is 2.34 bits per heavy atom. The summed E-state index contributed by atoms with van der Waals surface area (Å²) in [6.07, 6.45) is 0.690. The van der Waals surface area contributed by atoms with Gasteiger partial charge in [0.25, 0.3) is 11.7 Å². The first-order chi connectivity index (χ1) is 16.8. The number of ketones is 1. The van der Waals surface area contributed by atoms with Crippen LogP contribution in [0, 0.1) is 0 Å². The lowest BCUT2D eigenvalue weighted by molar-refractivity contribution is -0.139. The average Bonchev–Trinajstić information content (AvgIpc) is 3.10. The van der Waals surface area contributed by atoms with Crippen LogP contribution in [0.2, 0.25) is 0 Å². The second kappa shape index (κ2) is 10.9. The van der Waals surface area contributed by atoms with Gasteiger partial charge in [0.15, 0.2) is 0 Å². The summed E-state index contributed by atoms with van der Waals surface area (Å²) in [4.78, 5) is 29.9. The predicted octanol–water partition coefficient (Wildman–Crippen LogP) is 5.61. The van der Waals surface area contributed by atoms with E-state index in [0.717, 1.165) is 11.0 Å². The summed E-state index contributed by atoms with van der Waals surface area (Å²) in [6, 6.07) is 23.0. The molecule has 1 atom stereocenters. The minimum Gasteiger partial charge on any atom is -0.507 e. The Hall–Kier alpha value is -3.42. The molecule has 1 N–H and O–H groups in total. The number of carbonyl (C=O) groups is 2. The lowest BCUT2D eigenvalue weighted by atomic mass is 9.95. The second-order valence-electron chi connectivity index (χ2n) is 8.64. The maximum atomic E-state index is 13.2. The molecular formula is C28H27BrN2O4. The molecule has 1 unspecified atom stereocenters. The number of carbonyl (C=O) groups excluding carboxylic acids is 2. The zero-order valence-electron chi connectivity index (χ0n) is 19.6. The Bertz CT molecular complexity index is 1240. The van der Waals surface area contributed by atoms with E-state index in [2.05, 4.69) is 15.9 Å². The van der Waals surface area contributed by atoms with Gasteiger partial charge >= 0.3 is 0 Å². The fourth-order valence-corrected chi connectivity index (χ4v) is 4.41. The molecule has 3 aromatic carbocycles. The zero-order valence-corrected chi connectivity index (χ0v) is 21.2. The highest BCUT2D eigenvalue weighted by molar-refractivity contribution is 9.10. The number of nitrogens with zero attached hydrogens (tertiary/aromatic N) is 2. The Balaban J connectivity index is 1.77. The van der Waals surface area contributed by atoms with Crippen molar-refractivity contribution in [1.82, 2.24) is 9.80 Å². The maximum absolute atomic E-state index is 13.2. The van der Waals surface area contributed by atoms with Gasteiger partial charge in [0.05, 0.1) is 11.6 Å². The van der Waals surface area contributed by atoms with Gasteiger partial charge < -0.3 is 19.6 Å². The lowest BCUT2D eigenvalue weighted by Crippen LogP contribution is -2.32. The second-order valence-corrected chi connectivity index (χ2v) is 9.56. The summed E-state index contributed by atoms with van der Waals surface area (Å²) in [5, 5.41) is 11.2. The van der Waals surface area contributed by atoms with E-state index in [1.54, 1.807) is 29.2 Å². The van der Waals surface area contributed by atoms with Crippen LogP contribution in [0.4, 0.5) is 0 Å². The van der Waals surface area contributed by atoms with Crippen LogP contribution in [-0.2, 0) is 9.59 Å². The Kier molecular flexibility index (Phi) is 7.68. The normalized spacial score (nSPS) is 17.3. The summed E-state index contributed by atoms with van der Waals surface area (Å²) in [7, 11) is 3.92. The first kappa shape index (κ1) is 24.7. The van der Waals surface area contributed by atoms with Gasteiger partial charge in [0.1, 0.15) is 17.3 Å². The molecule has 6 nitrogen and oxygen atoms in total. The maximum Gasteiger partial charge on any atom is 0.295 e. The number of ether oxygens (including phenoxy) is 1. The van der Waals surface area contributed by atoms with Crippen LogP contribution in [0.25, 0.3) is 5.76 Å². The van der Waals surface area contributed by atoms with E-state index in [0.29, 0.717) is 35.6 Å². The molecule has 3 aromatic rings. The lowest BCUT2D eigenvalue weighted by Gasteiger charge is -2.26. The van der Waals surface area contributed by atoms with Gasteiger partial charge in [-0.2, -0.15) is 0 Å². The smallest absolute Gasteiger partial charge is 0.295 e. The third-order valence-corrected chi connectivity index (χ3v) is 6.34. The van der Waals surface area contributed by atoms with Crippen LogP contribution in [0.5, 0.6) is 11.5 Å². The minimum absolute atomic E-state index is 0.0824. The van der Waals surface area contributed by atoms with Crippen molar-refractivity contribution in [2.24, 2.45) is 0 Å². The van der Waals surface area contributed by atoms with Crippen molar-refractivity contribution >= 4 is 33.4 Å². The molecule has 1 aliphatic rings. The number of aliphatic hydroxyl groups excluding tert-OH is 1. The summed E-state index contributed by atoms with van der Waals surface area (Å²) in [6.45, 7) is 1.15. The van der Waals surface area contributed by atoms with Crippen LogP contribution < -0.4 is 4.74 Å². The van der Waals surface area contributed by atoms with Gasteiger partial charge in [-0.3, -0.25) is 9.59 Å². The van der Waals surface area contributed by atoms with Crippen LogP contribution in [-0.4, -0.2) is 53.8 Å². The van der Waals surface area contributed by atoms with E-state index in [9.17, 15) is 14.7 Å². The third-order valence-electron chi connectivity index (χ3n) is 5.81. The first-order valence-corrected chi connectivity index (χ1v) is 12.2. The molecule has 0 aromatic heterocycles. The van der Waals surface area contributed by atoms with Crippen LogP contribution >= 0.6 is 15.9 Å². The zero-order chi connectivity index (χ0) is 24.9. The Morgan fingerprint density at radius 2 is 1.66 bits per heavy atom. The number of rotatable bonds is 8. The molecule has 1 amide bonds. The topological polar surface area (TPSA) is 70.1 Å². The highest BCUT2D eigenvalue weighted by Crippen LogP contribution is 2.40. The van der Waals surface area contributed by atoms with Gasteiger partial charge in [0.2, 0.25) is 0 Å². The van der Waals surface area contributed by atoms with Crippen LogP contribution in [0.1, 0.15) is 23.6 Å². The van der Waals surface area contributed by atoms with Crippen molar-refractivity contribution < 1.29 is 19.4 Å². The average molecular weight is 535 g/mol. The molecule has 7 heteroatoms. The number of benzene rings is 3. The number of amides is 1. The van der Waals surface area contributed by atoms with Gasteiger partial charge in [-0.25, -0.2) is 0 Å². The van der Waals surface area contributed by atoms with Crippen molar-refractivity contribution in [1.29, 1.82) is 0 Å². The third kappa shape index (κ3) is 5.63.